The third kappa shape index (κ3) is 7.81. The van der Waals surface area contributed by atoms with Crippen molar-refractivity contribution >= 4 is 17.7 Å². The van der Waals surface area contributed by atoms with Crippen LogP contribution in [0.3, 0.4) is 0 Å². The highest BCUT2D eigenvalue weighted by molar-refractivity contribution is 5.76. The maximum Gasteiger partial charge on any atom is 0.326 e. The smallest absolute Gasteiger partial charge is 0.326 e. The normalized spacial score (nSPS) is 16.1. The van der Waals surface area contributed by atoms with Crippen LogP contribution >= 0.6 is 0 Å². The van der Waals surface area contributed by atoms with Gasteiger partial charge in [0, 0.05) is 31.2 Å². The first-order valence-corrected chi connectivity index (χ1v) is 12.5. The zero-order chi connectivity index (χ0) is 24.6. The molecule has 0 aromatic carbocycles. The van der Waals surface area contributed by atoms with Gasteiger partial charge in [0.15, 0.2) is 0 Å². The molecule has 0 unspecified atom stereocenters. The monoisotopic (exact) mass is 488 g/mol. The number of aryl methyl sites for hydroxylation is 2. The van der Waals surface area contributed by atoms with E-state index in [1.807, 2.05) is 6.07 Å². The van der Waals surface area contributed by atoms with Gasteiger partial charge >= 0.3 is 5.97 Å². The number of fused-ring (bicyclic) bond motifs is 1. The first kappa shape index (κ1) is 25.2. The maximum atomic E-state index is 13.1. The van der Waals surface area contributed by atoms with Gasteiger partial charge in [0.2, 0.25) is 5.95 Å². The predicted molar refractivity (Wildman–Crippen MR) is 130 cm³/mol. The van der Waals surface area contributed by atoms with Gasteiger partial charge in [-0.3, -0.25) is 4.90 Å². The molecule has 1 aliphatic heterocycles. The number of aliphatic carboxylic acids is 1. The second-order valence-electron chi connectivity index (χ2n) is 9.43. The van der Waals surface area contributed by atoms with Gasteiger partial charge in [-0.05, 0) is 81.0 Å². The van der Waals surface area contributed by atoms with Crippen LogP contribution < -0.4 is 10.6 Å². The third-order valence-corrected chi connectivity index (χ3v) is 6.56. The fourth-order valence-corrected chi connectivity index (χ4v) is 4.40. The molecule has 8 nitrogen and oxygen atoms in total. The number of unbranched alkanes of at least 4 members (excludes halogenated alkanes) is 1. The SMILES string of the molecule is O=C(O)[C@H](CCN(CCCCc1ccc2c(n1)NCCC2)CC(F)F)Nc1ncc(C2CC2)cn1. The Labute approximate surface area is 204 Å². The number of hydrogen-bond acceptors (Lipinski definition) is 7. The molecule has 0 bridgehead atoms. The lowest BCUT2D eigenvalue weighted by Gasteiger charge is -2.24. The van der Waals surface area contributed by atoms with E-state index in [1.54, 1.807) is 17.3 Å². The average Bonchev–Trinajstić information content (AvgIpc) is 3.69. The number of alkyl halides is 2. The van der Waals surface area contributed by atoms with Crippen LogP contribution in [0, 0.1) is 0 Å². The molecule has 1 atom stereocenters. The fraction of sp³-hybridized carbons (Fsp3) is 0.600. The molecular formula is C25H34F2N6O2. The summed E-state index contributed by atoms with van der Waals surface area (Å²) in [5, 5.41) is 15.8. The maximum absolute atomic E-state index is 13.1. The number of rotatable bonds is 14. The quantitative estimate of drug-likeness (QED) is 0.344. The number of halogens is 2. The Balaban J connectivity index is 1.24. The van der Waals surface area contributed by atoms with E-state index in [1.165, 1.54) is 5.56 Å². The minimum absolute atomic E-state index is 0.174. The lowest BCUT2D eigenvalue weighted by Crippen LogP contribution is -2.37. The molecule has 190 valence electrons. The number of carboxylic acid groups (broad SMARTS) is 1. The van der Waals surface area contributed by atoms with E-state index in [4.69, 9.17) is 0 Å². The first-order chi connectivity index (χ1) is 17.0. The molecule has 1 aliphatic carbocycles. The molecule has 0 amide bonds. The minimum Gasteiger partial charge on any atom is -0.480 e. The van der Waals surface area contributed by atoms with Crippen molar-refractivity contribution in [1.29, 1.82) is 0 Å². The van der Waals surface area contributed by atoms with Crippen LogP contribution in [0.15, 0.2) is 24.5 Å². The molecule has 2 aliphatic rings. The van der Waals surface area contributed by atoms with E-state index in [9.17, 15) is 18.7 Å². The standard InChI is InChI=1S/C25H34F2N6O2/c26-22(27)16-33(12-2-1-5-20-9-8-18-4-3-11-28-23(18)31-20)13-10-21(24(34)35)32-25-29-14-19(15-30-25)17-6-7-17/h8-9,14-15,17,21-22H,1-7,10-13,16H2,(H,28,31)(H,34,35)(H,29,30,32)/t21-/m0/s1. The summed E-state index contributed by atoms with van der Waals surface area (Å²) in [5.74, 6) is 0.673. The Kier molecular flexibility index (Phi) is 8.79. The topological polar surface area (TPSA) is 103 Å². The molecule has 0 spiro atoms. The van der Waals surface area contributed by atoms with E-state index in [2.05, 4.69) is 31.7 Å². The molecule has 10 heteroatoms. The number of nitrogens with one attached hydrogen (secondary N) is 2. The van der Waals surface area contributed by atoms with Crippen molar-refractivity contribution < 1.29 is 18.7 Å². The molecule has 2 aromatic rings. The van der Waals surface area contributed by atoms with Gasteiger partial charge in [0.05, 0.1) is 6.54 Å². The van der Waals surface area contributed by atoms with Gasteiger partial charge in [0.25, 0.3) is 6.43 Å². The third-order valence-electron chi connectivity index (χ3n) is 6.56. The Morgan fingerprint density at radius 2 is 2.00 bits per heavy atom. The molecule has 35 heavy (non-hydrogen) atoms. The first-order valence-electron chi connectivity index (χ1n) is 12.5. The van der Waals surface area contributed by atoms with Crippen molar-refractivity contribution in [1.82, 2.24) is 19.9 Å². The van der Waals surface area contributed by atoms with Gasteiger partial charge in [0.1, 0.15) is 11.9 Å². The molecule has 2 aromatic heterocycles. The number of carbonyl (C=O) groups is 1. The highest BCUT2D eigenvalue weighted by atomic mass is 19.3. The molecule has 4 rings (SSSR count). The van der Waals surface area contributed by atoms with Crippen molar-refractivity contribution in [3.05, 3.63) is 41.3 Å². The summed E-state index contributed by atoms with van der Waals surface area (Å²) < 4.78 is 26.3. The highest BCUT2D eigenvalue weighted by Gasteiger charge is 2.25. The largest absolute Gasteiger partial charge is 0.480 e. The number of anilines is 2. The summed E-state index contributed by atoms with van der Waals surface area (Å²) in [5.41, 5.74) is 3.31. The fourth-order valence-electron chi connectivity index (χ4n) is 4.40. The van der Waals surface area contributed by atoms with Gasteiger partial charge in [-0.2, -0.15) is 0 Å². The summed E-state index contributed by atoms with van der Waals surface area (Å²) in [6.45, 7) is 1.29. The van der Waals surface area contributed by atoms with E-state index in [0.29, 0.717) is 12.5 Å². The van der Waals surface area contributed by atoms with Crippen molar-refractivity contribution in [3.8, 4) is 0 Å². The van der Waals surface area contributed by atoms with Gasteiger partial charge in [-0.25, -0.2) is 28.5 Å². The second-order valence-corrected chi connectivity index (χ2v) is 9.43. The summed E-state index contributed by atoms with van der Waals surface area (Å²) in [6.07, 6.45) is 7.92. The van der Waals surface area contributed by atoms with Crippen LogP contribution in [0.4, 0.5) is 20.5 Å². The Morgan fingerprint density at radius 1 is 1.20 bits per heavy atom. The molecule has 3 N–H and O–H groups in total. The number of aromatic nitrogens is 3. The van der Waals surface area contributed by atoms with Crippen molar-refractivity contribution in [3.63, 3.8) is 0 Å². The summed E-state index contributed by atoms with van der Waals surface area (Å²) in [4.78, 5) is 26.5. The van der Waals surface area contributed by atoms with Crippen molar-refractivity contribution in [2.24, 2.45) is 0 Å². The average molecular weight is 489 g/mol. The minimum atomic E-state index is -2.47. The molecular weight excluding hydrogens is 454 g/mol. The molecule has 0 radical (unpaired) electrons. The van der Waals surface area contributed by atoms with Gasteiger partial charge in [-0.1, -0.05) is 6.07 Å². The summed E-state index contributed by atoms with van der Waals surface area (Å²) in [7, 11) is 0. The molecule has 1 saturated carbocycles. The van der Waals surface area contributed by atoms with Crippen LogP contribution in [0.1, 0.15) is 61.3 Å². The zero-order valence-corrected chi connectivity index (χ0v) is 19.9. The van der Waals surface area contributed by atoms with E-state index >= 15 is 0 Å². The summed E-state index contributed by atoms with van der Waals surface area (Å²) >= 11 is 0. The zero-order valence-electron chi connectivity index (χ0n) is 19.9. The number of nitrogens with zero attached hydrogens (tertiary/aromatic N) is 4. The van der Waals surface area contributed by atoms with E-state index < -0.39 is 18.4 Å². The lowest BCUT2D eigenvalue weighted by molar-refractivity contribution is -0.138. The lowest BCUT2D eigenvalue weighted by atomic mass is 10.1. The van der Waals surface area contributed by atoms with Gasteiger partial charge < -0.3 is 15.7 Å². The molecule has 3 heterocycles. The number of pyridine rings is 1. The van der Waals surface area contributed by atoms with Crippen LogP contribution in [-0.4, -0.2) is 69.6 Å². The van der Waals surface area contributed by atoms with Crippen LogP contribution in [-0.2, 0) is 17.6 Å². The van der Waals surface area contributed by atoms with Crippen LogP contribution in [0.5, 0.6) is 0 Å². The van der Waals surface area contributed by atoms with E-state index in [0.717, 1.165) is 68.6 Å². The predicted octanol–water partition coefficient (Wildman–Crippen LogP) is 3.95. The van der Waals surface area contributed by atoms with Crippen molar-refractivity contribution in [2.75, 3.05) is 36.8 Å². The van der Waals surface area contributed by atoms with Crippen LogP contribution in [0.25, 0.3) is 0 Å². The van der Waals surface area contributed by atoms with E-state index in [-0.39, 0.29) is 25.5 Å². The van der Waals surface area contributed by atoms with Gasteiger partial charge in [-0.15, -0.1) is 0 Å². The van der Waals surface area contributed by atoms with Crippen molar-refractivity contribution in [2.45, 2.75) is 69.8 Å². The summed E-state index contributed by atoms with van der Waals surface area (Å²) in [6, 6.07) is 3.22. The number of carboxylic acids is 1. The Hall–Kier alpha value is -2.88. The Morgan fingerprint density at radius 3 is 2.71 bits per heavy atom. The Bertz CT molecular complexity index is 971. The number of hydrogen-bond donors (Lipinski definition) is 3. The second kappa shape index (κ2) is 12.2. The van der Waals surface area contributed by atoms with Crippen LogP contribution in [0.2, 0.25) is 0 Å². The molecule has 1 fully saturated rings. The molecule has 0 saturated heterocycles. The highest BCUT2D eigenvalue weighted by Crippen LogP contribution is 2.39.